The molecule has 172 valence electrons. The fourth-order valence-electron chi connectivity index (χ4n) is 3.55. The maximum absolute atomic E-state index is 13.6. The van der Waals surface area contributed by atoms with E-state index in [1.54, 1.807) is 0 Å². The molecule has 1 N–H and O–H groups in total. The zero-order valence-corrected chi connectivity index (χ0v) is 17.9. The lowest BCUT2D eigenvalue weighted by atomic mass is 9.96. The molecule has 1 amide bonds. The summed E-state index contributed by atoms with van der Waals surface area (Å²) in [5.74, 6) is -1.54. The molecule has 1 unspecified atom stereocenters. The molecule has 10 nitrogen and oxygen atoms in total. The summed E-state index contributed by atoms with van der Waals surface area (Å²) in [6.45, 7) is 2.45. The summed E-state index contributed by atoms with van der Waals surface area (Å²) < 4.78 is 73.7. The number of amides is 1. The first-order valence-electron chi connectivity index (χ1n) is 9.26. The molecule has 3 rings (SSSR count). The first-order chi connectivity index (χ1) is 14.3. The monoisotopic (exact) mass is 465 g/mol. The first kappa shape index (κ1) is 23.2. The number of alkyl halides is 3. The van der Waals surface area contributed by atoms with E-state index in [0.29, 0.717) is 0 Å². The van der Waals surface area contributed by atoms with E-state index in [-0.39, 0.29) is 42.5 Å². The van der Waals surface area contributed by atoms with Crippen LogP contribution in [0.1, 0.15) is 23.7 Å². The van der Waals surface area contributed by atoms with Crippen molar-refractivity contribution < 1.29 is 36.0 Å². The Labute approximate surface area is 176 Å². The van der Waals surface area contributed by atoms with Gasteiger partial charge in [0.1, 0.15) is 10.6 Å². The highest BCUT2D eigenvalue weighted by Gasteiger charge is 2.59. The summed E-state index contributed by atoms with van der Waals surface area (Å²) in [6, 6.07) is 0. The Morgan fingerprint density at radius 3 is 2.29 bits per heavy atom. The number of aryl methyl sites for hydroxylation is 3. The van der Waals surface area contributed by atoms with Gasteiger partial charge in [-0.25, -0.2) is 13.4 Å². The minimum absolute atomic E-state index is 0.0616. The number of piperazine rings is 1. The maximum Gasteiger partial charge on any atom is 0.425 e. The van der Waals surface area contributed by atoms with Crippen LogP contribution in [0.4, 0.5) is 13.2 Å². The van der Waals surface area contributed by atoms with Crippen molar-refractivity contribution in [3.63, 3.8) is 0 Å². The number of rotatable bonds is 5. The molecule has 3 heterocycles. The number of nitrogens with zero attached hydrogens (tertiary/aromatic N) is 5. The second kappa shape index (κ2) is 7.91. The van der Waals surface area contributed by atoms with Gasteiger partial charge in [-0.15, -0.1) is 0 Å². The molecule has 0 aliphatic carbocycles. The van der Waals surface area contributed by atoms with Gasteiger partial charge in [0.25, 0.3) is 0 Å². The van der Waals surface area contributed by atoms with Gasteiger partial charge in [0.2, 0.25) is 21.5 Å². The molecule has 0 bridgehead atoms. The van der Waals surface area contributed by atoms with E-state index < -0.39 is 40.0 Å². The Morgan fingerprint density at radius 1 is 1.23 bits per heavy atom. The summed E-state index contributed by atoms with van der Waals surface area (Å²) in [4.78, 5) is 17.2. The van der Waals surface area contributed by atoms with Crippen LogP contribution >= 0.6 is 0 Å². The van der Waals surface area contributed by atoms with Gasteiger partial charge in [-0.05, 0) is 13.8 Å². The van der Waals surface area contributed by atoms with Crippen molar-refractivity contribution in [2.45, 2.75) is 36.9 Å². The number of hydrogen-bond acceptors (Lipinski definition) is 7. The van der Waals surface area contributed by atoms with Crippen LogP contribution < -0.4 is 0 Å². The van der Waals surface area contributed by atoms with Crippen LogP contribution in [0, 0.1) is 13.8 Å². The summed E-state index contributed by atoms with van der Waals surface area (Å²) in [6.07, 6.45) is -4.09. The van der Waals surface area contributed by atoms with Gasteiger partial charge in [0.05, 0.1) is 6.42 Å². The Hall–Kier alpha value is -2.45. The highest BCUT2D eigenvalue weighted by atomic mass is 32.2. The zero-order chi connectivity index (χ0) is 23.2. The van der Waals surface area contributed by atoms with E-state index in [1.807, 2.05) is 0 Å². The van der Waals surface area contributed by atoms with Crippen molar-refractivity contribution in [1.29, 1.82) is 0 Å². The fraction of sp³-hybridized carbons (Fsp3) is 0.588. The minimum Gasteiger partial charge on any atom is -0.374 e. The van der Waals surface area contributed by atoms with Crippen molar-refractivity contribution in [1.82, 2.24) is 23.9 Å². The van der Waals surface area contributed by atoms with Gasteiger partial charge in [0.15, 0.2) is 11.6 Å². The number of imidazole rings is 1. The summed E-state index contributed by atoms with van der Waals surface area (Å²) in [7, 11) is -2.65. The van der Waals surface area contributed by atoms with E-state index in [9.17, 15) is 31.5 Å². The second-order valence-corrected chi connectivity index (χ2v) is 9.21. The van der Waals surface area contributed by atoms with Gasteiger partial charge in [0, 0.05) is 45.6 Å². The van der Waals surface area contributed by atoms with Crippen molar-refractivity contribution in [3.05, 3.63) is 29.7 Å². The zero-order valence-electron chi connectivity index (χ0n) is 17.0. The predicted octanol–water partition coefficient (Wildman–Crippen LogP) is 0.698. The Bertz CT molecular complexity index is 1050. The molecular formula is C17H22F3N5O5S. The van der Waals surface area contributed by atoms with Crippen LogP contribution in [0.3, 0.4) is 0 Å². The lowest BCUT2D eigenvalue weighted by Gasteiger charge is -2.36. The molecular weight excluding hydrogens is 443 g/mol. The highest BCUT2D eigenvalue weighted by molar-refractivity contribution is 7.89. The molecule has 1 aliphatic heterocycles. The standard InChI is InChI=1S/C17H22F3N5O5S/c1-11-14(12(2)30-22-11)31(28,29)25-8-6-24(7-9-25)13(26)10-16(27,17(18,19)20)15-21-4-5-23(15)3/h4-5,27H,6-10H2,1-3H3. The van der Waals surface area contributed by atoms with Crippen LogP contribution in [0.5, 0.6) is 0 Å². The summed E-state index contributed by atoms with van der Waals surface area (Å²) in [5.41, 5.74) is -3.27. The molecule has 2 aromatic heterocycles. The van der Waals surface area contributed by atoms with Crippen molar-refractivity contribution in [2.24, 2.45) is 7.05 Å². The SMILES string of the molecule is Cc1noc(C)c1S(=O)(=O)N1CCN(C(=O)CC(O)(c2nccn2C)C(F)(F)F)CC1. The molecule has 0 spiro atoms. The molecule has 31 heavy (non-hydrogen) atoms. The molecule has 14 heteroatoms. The van der Waals surface area contributed by atoms with E-state index in [4.69, 9.17) is 4.52 Å². The number of carbonyl (C=O) groups is 1. The normalized spacial score (nSPS) is 18.2. The Kier molecular flexibility index (Phi) is 5.92. The molecule has 2 aromatic rings. The van der Waals surface area contributed by atoms with E-state index in [0.717, 1.165) is 20.0 Å². The van der Waals surface area contributed by atoms with Gasteiger partial charge >= 0.3 is 6.18 Å². The van der Waals surface area contributed by atoms with Gasteiger partial charge < -0.3 is 19.1 Å². The smallest absolute Gasteiger partial charge is 0.374 e. The third-order valence-corrected chi connectivity index (χ3v) is 7.37. The lowest BCUT2D eigenvalue weighted by molar-refractivity contribution is -0.272. The molecule has 0 saturated carbocycles. The third kappa shape index (κ3) is 4.06. The average molecular weight is 465 g/mol. The number of carbonyl (C=O) groups excluding carboxylic acids is 1. The highest BCUT2D eigenvalue weighted by Crippen LogP contribution is 2.41. The van der Waals surface area contributed by atoms with Gasteiger partial charge in [-0.3, -0.25) is 4.79 Å². The quantitative estimate of drug-likeness (QED) is 0.690. The lowest BCUT2D eigenvalue weighted by Crippen LogP contribution is -2.53. The van der Waals surface area contributed by atoms with Crippen LogP contribution in [0.25, 0.3) is 0 Å². The average Bonchev–Trinajstić information content (AvgIpc) is 3.26. The summed E-state index contributed by atoms with van der Waals surface area (Å²) in [5, 5.41) is 14.0. The largest absolute Gasteiger partial charge is 0.425 e. The second-order valence-electron chi connectivity index (χ2n) is 7.33. The first-order valence-corrected chi connectivity index (χ1v) is 10.7. The van der Waals surface area contributed by atoms with Crippen molar-refractivity contribution in [3.8, 4) is 0 Å². The molecule has 1 saturated heterocycles. The number of halogens is 3. The van der Waals surface area contributed by atoms with Crippen LogP contribution in [0.2, 0.25) is 0 Å². The molecule has 1 atom stereocenters. The Morgan fingerprint density at radius 2 is 1.84 bits per heavy atom. The third-order valence-electron chi connectivity index (χ3n) is 5.22. The Balaban J connectivity index is 1.74. The van der Waals surface area contributed by atoms with Gasteiger partial charge in [-0.1, -0.05) is 5.16 Å². The van der Waals surface area contributed by atoms with Crippen molar-refractivity contribution in [2.75, 3.05) is 26.2 Å². The number of sulfonamides is 1. The van der Waals surface area contributed by atoms with Crippen LogP contribution in [-0.2, 0) is 27.5 Å². The minimum atomic E-state index is -5.14. The van der Waals surface area contributed by atoms with E-state index in [2.05, 4.69) is 10.1 Å². The van der Waals surface area contributed by atoms with Crippen LogP contribution in [-0.4, -0.2) is 75.7 Å². The van der Waals surface area contributed by atoms with E-state index >= 15 is 0 Å². The molecule has 1 fully saturated rings. The molecule has 0 radical (unpaired) electrons. The van der Waals surface area contributed by atoms with Gasteiger partial charge in [-0.2, -0.15) is 17.5 Å². The number of hydrogen-bond donors (Lipinski definition) is 1. The maximum atomic E-state index is 13.6. The fourth-order valence-corrected chi connectivity index (χ4v) is 5.26. The van der Waals surface area contributed by atoms with Crippen LogP contribution in [0.15, 0.2) is 21.8 Å². The summed E-state index contributed by atoms with van der Waals surface area (Å²) >= 11 is 0. The number of aliphatic hydroxyl groups is 1. The van der Waals surface area contributed by atoms with Crippen molar-refractivity contribution >= 4 is 15.9 Å². The molecule has 1 aliphatic rings. The van der Waals surface area contributed by atoms with E-state index in [1.165, 1.54) is 27.1 Å². The molecule has 0 aromatic carbocycles. The predicted molar refractivity (Wildman–Crippen MR) is 99.1 cm³/mol. The topological polar surface area (TPSA) is 122 Å². The number of aromatic nitrogens is 3.